The number of aromatic nitrogens is 1. The highest BCUT2D eigenvalue weighted by Crippen LogP contribution is 2.40. The molecule has 1 aliphatic heterocycles. The van der Waals surface area contributed by atoms with Crippen molar-refractivity contribution in [3.05, 3.63) is 98.7 Å². The zero-order chi connectivity index (χ0) is 26.8. The fourth-order valence-electron chi connectivity index (χ4n) is 4.85. The number of ether oxygens (including phenoxy) is 1. The molecule has 0 spiro atoms. The molecule has 9 heteroatoms. The minimum atomic E-state index is -1.07. The average Bonchev–Trinajstić information content (AvgIpc) is 3.36. The van der Waals surface area contributed by atoms with Crippen molar-refractivity contribution in [1.82, 2.24) is 9.99 Å². The zero-order valence-corrected chi connectivity index (χ0v) is 22.1. The van der Waals surface area contributed by atoms with E-state index in [-0.39, 0.29) is 24.8 Å². The highest BCUT2D eigenvalue weighted by Gasteiger charge is 2.36. The van der Waals surface area contributed by atoms with Crippen molar-refractivity contribution in [1.29, 1.82) is 0 Å². The predicted molar refractivity (Wildman–Crippen MR) is 148 cm³/mol. The number of hydrazone groups is 1. The smallest absolute Gasteiger partial charge is 0.303 e. The van der Waals surface area contributed by atoms with Crippen LogP contribution in [0.1, 0.15) is 36.4 Å². The molecule has 38 heavy (non-hydrogen) atoms. The Morgan fingerprint density at radius 1 is 1.05 bits per heavy atom. The summed E-state index contributed by atoms with van der Waals surface area (Å²) < 4.78 is 6.41. The van der Waals surface area contributed by atoms with E-state index >= 15 is 0 Å². The van der Waals surface area contributed by atoms with Crippen LogP contribution in [-0.4, -0.2) is 39.8 Å². The van der Waals surface area contributed by atoms with Crippen LogP contribution in [0.5, 0.6) is 5.75 Å². The van der Waals surface area contributed by atoms with E-state index < -0.39 is 17.9 Å². The molecule has 1 amide bonds. The number of nitrogens with zero attached hydrogens (tertiary/aromatic N) is 2. The van der Waals surface area contributed by atoms with Gasteiger partial charge in [-0.05, 0) is 29.8 Å². The minimum absolute atomic E-state index is 0.218. The molecule has 1 aliphatic rings. The second kappa shape index (κ2) is 10.6. The van der Waals surface area contributed by atoms with Gasteiger partial charge in [0, 0.05) is 39.3 Å². The number of halogens is 1. The molecule has 0 saturated heterocycles. The van der Waals surface area contributed by atoms with Crippen LogP contribution in [0.25, 0.3) is 22.0 Å². The van der Waals surface area contributed by atoms with Crippen molar-refractivity contribution in [2.24, 2.45) is 5.10 Å². The highest BCUT2D eigenvalue weighted by atomic mass is 79.9. The lowest BCUT2D eigenvalue weighted by Crippen LogP contribution is -2.27. The number of carbonyl (C=O) groups excluding carboxylic acids is 1. The summed E-state index contributed by atoms with van der Waals surface area (Å²) in [6.07, 6.45) is -0.287. The van der Waals surface area contributed by atoms with Crippen LogP contribution in [0, 0.1) is 0 Å². The summed E-state index contributed by atoms with van der Waals surface area (Å²) in [5.41, 5.74) is 3.43. The Balaban J connectivity index is 1.71. The van der Waals surface area contributed by atoms with E-state index in [9.17, 15) is 14.4 Å². The van der Waals surface area contributed by atoms with Gasteiger partial charge in [0.05, 0.1) is 30.8 Å². The van der Waals surface area contributed by atoms with Gasteiger partial charge in [-0.3, -0.25) is 14.4 Å². The van der Waals surface area contributed by atoms with E-state index in [2.05, 4.69) is 26.0 Å². The van der Waals surface area contributed by atoms with Crippen LogP contribution in [-0.2, 0) is 9.59 Å². The van der Waals surface area contributed by atoms with E-state index in [1.807, 2.05) is 66.7 Å². The van der Waals surface area contributed by atoms with Crippen molar-refractivity contribution in [2.75, 3.05) is 7.11 Å². The first-order valence-electron chi connectivity index (χ1n) is 12.0. The van der Waals surface area contributed by atoms with E-state index in [0.29, 0.717) is 28.1 Å². The number of nitrogens with one attached hydrogen (secondary N) is 1. The molecule has 0 unspecified atom stereocenters. The molecular weight excluding hydrogens is 550 g/mol. The number of hydrogen-bond acceptors (Lipinski definition) is 5. The van der Waals surface area contributed by atoms with Gasteiger partial charge in [0.25, 0.3) is 5.56 Å². The first kappa shape index (κ1) is 25.4. The molecular formula is C29H24BrN3O5. The summed E-state index contributed by atoms with van der Waals surface area (Å²) >= 11 is 3.54. The lowest BCUT2D eigenvalue weighted by atomic mass is 9.91. The Bertz CT molecular complexity index is 1630. The first-order valence-corrected chi connectivity index (χ1v) is 12.8. The van der Waals surface area contributed by atoms with Crippen molar-refractivity contribution < 1.29 is 19.4 Å². The number of aromatic amines is 1. The van der Waals surface area contributed by atoms with Crippen LogP contribution < -0.4 is 10.3 Å². The molecule has 0 bridgehead atoms. The molecule has 1 atom stereocenters. The average molecular weight is 574 g/mol. The molecule has 0 aliphatic carbocycles. The van der Waals surface area contributed by atoms with Gasteiger partial charge in [-0.2, -0.15) is 5.10 Å². The van der Waals surface area contributed by atoms with E-state index in [4.69, 9.17) is 9.84 Å². The van der Waals surface area contributed by atoms with Crippen molar-refractivity contribution in [2.45, 2.75) is 25.3 Å². The molecule has 5 rings (SSSR count). The Labute approximate surface area is 226 Å². The summed E-state index contributed by atoms with van der Waals surface area (Å²) in [5.74, 6) is -0.942. The monoisotopic (exact) mass is 573 g/mol. The number of hydrogen-bond donors (Lipinski definition) is 2. The van der Waals surface area contributed by atoms with Crippen LogP contribution in [0.15, 0.2) is 87.2 Å². The van der Waals surface area contributed by atoms with Crippen LogP contribution in [0.3, 0.4) is 0 Å². The molecule has 0 fully saturated rings. The minimum Gasteiger partial charge on any atom is -0.496 e. The maximum atomic E-state index is 13.6. The summed E-state index contributed by atoms with van der Waals surface area (Å²) in [6.45, 7) is 0. The summed E-state index contributed by atoms with van der Waals surface area (Å²) in [4.78, 5) is 41.0. The number of rotatable bonds is 7. The Morgan fingerprint density at radius 2 is 1.79 bits per heavy atom. The quantitative estimate of drug-likeness (QED) is 0.303. The SMILES string of the molecule is COc1ccccc1[C@@H]1CC(c2c(-c3ccccc3)c3cc(Br)ccc3[nH]c2=O)=NN1C(=O)CCC(=O)O. The van der Waals surface area contributed by atoms with Crippen molar-refractivity contribution in [3.8, 4) is 16.9 Å². The standard InChI is InChI=1S/C29H24BrN3O5/c1-38-24-10-6-5-9-19(24)23-16-22(32-33(23)25(34)13-14-26(35)36)28-27(17-7-3-2-4-8-17)20-15-18(30)11-12-21(20)31-29(28)37/h2-12,15,23H,13-14,16H2,1H3,(H,31,37)(H,35,36)/t23-/m0/s1. The Morgan fingerprint density at radius 3 is 2.53 bits per heavy atom. The first-order chi connectivity index (χ1) is 18.4. The number of aliphatic carboxylic acids is 1. The maximum Gasteiger partial charge on any atom is 0.303 e. The highest BCUT2D eigenvalue weighted by molar-refractivity contribution is 9.10. The van der Waals surface area contributed by atoms with Gasteiger partial charge in [-0.1, -0.05) is 64.5 Å². The normalized spacial score (nSPS) is 14.9. The van der Waals surface area contributed by atoms with Gasteiger partial charge in [0.1, 0.15) is 5.75 Å². The summed E-state index contributed by atoms with van der Waals surface area (Å²) in [6, 6.07) is 22.0. The van der Waals surface area contributed by atoms with Gasteiger partial charge < -0.3 is 14.8 Å². The molecule has 1 aromatic heterocycles. The van der Waals surface area contributed by atoms with Gasteiger partial charge in [-0.15, -0.1) is 0 Å². The largest absolute Gasteiger partial charge is 0.496 e. The fraction of sp³-hybridized carbons (Fsp3) is 0.172. The number of carboxylic acid groups (broad SMARTS) is 1. The number of H-pyrrole nitrogens is 1. The second-order valence-corrected chi connectivity index (χ2v) is 9.82. The lowest BCUT2D eigenvalue weighted by Gasteiger charge is -2.23. The number of carboxylic acids is 1. The summed E-state index contributed by atoms with van der Waals surface area (Å²) in [5, 5.41) is 15.9. The predicted octanol–water partition coefficient (Wildman–Crippen LogP) is 5.51. The molecule has 2 heterocycles. The van der Waals surface area contributed by atoms with Crippen LogP contribution in [0.4, 0.5) is 0 Å². The van der Waals surface area contributed by atoms with Gasteiger partial charge in [-0.25, -0.2) is 5.01 Å². The molecule has 192 valence electrons. The molecule has 0 radical (unpaired) electrons. The van der Waals surface area contributed by atoms with Crippen LogP contribution in [0.2, 0.25) is 0 Å². The Kier molecular flexibility index (Phi) is 7.11. The number of para-hydroxylation sites is 1. The number of benzene rings is 3. The van der Waals surface area contributed by atoms with E-state index in [1.54, 1.807) is 13.2 Å². The Hall–Kier alpha value is -4.24. The van der Waals surface area contributed by atoms with E-state index in [1.165, 1.54) is 5.01 Å². The third-order valence-corrected chi connectivity index (χ3v) is 7.04. The molecule has 2 N–H and O–H groups in total. The molecule has 8 nitrogen and oxygen atoms in total. The zero-order valence-electron chi connectivity index (χ0n) is 20.5. The topological polar surface area (TPSA) is 112 Å². The lowest BCUT2D eigenvalue weighted by molar-refractivity contribution is -0.141. The number of methoxy groups -OCH3 is 1. The van der Waals surface area contributed by atoms with Gasteiger partial charge in [0.15, 0.2) is 0 Å². The van der Waals surface area contributed by atoms with Crippen LogP contribution >= 0.6 is 15.9 Å². The number of fused-ring (bicyclic) bond motifs is 1. The summed E-state index contributed by atoms with van der Waals surface area (Å²) in [7, 11) is 1.55. The van der Waals surface area contributed by atoms with Crippen molar-refractivity contribution in [3.63, 3.8) is 0 Å². The second-order valence-electron chi connectivity index (χ2n) is 8.90. The fourth-order valence-corrected chi connectivity index (χ4v) is 5.21. The molecule has 0 saturated carbocycles. The molecule has 4 aromatic rings. The third-order valence-electron chi connectivity index (χ3n) is 6.54. The number of pyridine rings is 1. The number of amides is 1. The van der Waals surface area contributed by atoms with E-state index in [0.717, 1.165) is 21.0 Å². The van der Waals surface area contributed by atoms with Crippen molar-refractivity contribution >= 4 is 44.4 Å². The molecule has 3 aromatic carbocycles. The number of carbonyl (C=O) groups is 2. The maximum absolute atomic E-state index is 13.6. The van der Waals surface area contributed by atoms with Gasteiger partial charge in [0.2, 0.25) is 5.91 Å². The van der Waals surface area contributed by atoms with Gasteiger partial charge >= 0.3 is 5.97 Å². The third kappa shape index (κ3) is 4.84.